The van der Waals surface area contributed by atoms with Gasteiger partial charge in [-0.15, -0.1) is 0 Å². The minimum Gasteiger partial charge on any atom is -0.496 e. The average molecular weight is 298 g/mol. The molecular weight excluding hydrogens is 278 g/mol. The van der Waals surface area contributed by atoms with Crippen LogP contribution in [-0.2, 0) is 0 Å². The van der Waals surface area contributed by atoms with Gasteiger partial charge in [0, 0.05) is 16.3 Å². The SMILES string of the molecule is CCC(CCSC#N)c1c(C)c(Cl)cc(C)c1OC. The van der Waals surface area contributed by atoms with E-state index in [1.807, 2.05) is 19.9 Å². The Morgan fingerprint density at radius 2 is 2.16 bits per heavy atom. The number of aryl methyl sites for hydroxylation is 1. The van der Waals surface area contributed by atoms with Crippen molar-refractivity contribution in [1.29, 1.82) is 5.26 Å². The molecule has 0 aliphatic carbocycles. The predicted octanol–water partition coefficient (Wildman–Crippen LogP) is 5.06. The molecule has 0 radical (unpaired) electrons. The van der Waals surface area contributed by atoms with Gasteiger partial charge in [-0.1, -0.05) is 18.5 Å². The quantitative estimate of drug-likeness (QED) is 0.543. The van der Waals surface area contributed by atoms with Crippen LogP contribution >= 0.6 is 23.4 Å². The van der Waals surface area contributed by atoms with Crippen LogP contribution in [0.25, 0.3) is 0 Å². The number of ether oxygens (including phenoxy) is 1. The Morgan fingerprint density at radius 3 is 2.68 bits per heavy atom. The standard InChI is InChI=1S/C15H20ClNOS/c1-5-12(6-7-19-9-17)14-11(3)13(16)8-10(2)15(14)18-4/h8,12H,5-7H2,1-4H3. The first-order chi connectivity index (χ1) is 9.06. The lowest BCUT2D eigenvalue weighted by Crippen LogP contribution is -2.06. The number of methoxy groups -OCH3 is 1. The van der Waals surface area contributed by atoms with Crippen LogP contribution in [0.2, 0.25) is 5.02 Å². The number of hydrogen-bond donors (Lipinski definition) is 0. The van der Waals surface area contributed by atoms with Crippen molar-refractivity contribution in [1.82, 2.24) is 0 Å². The topological polar surface area (TPSA) is 33.0 Å². The van der Waals surface area contributed by atoms with Gasteiger partial charge in [-0.2, -0.15) is 5.26 Å². The molecule has 0 bridgehead atoms. The van der Waals surface area contributed by atoms with Crippen molar-refractivity contribution in [2.24, 2.45) is 0 Å². The summed E-state index contributed by atoms with van der Waals surface area (Å²) in [5, 5.41) is 11.5. The third-order valence-corrected chi connectivity index (χ3v) is 4.41. The molecule has 1 atom stereocenters. The summed E-state index contributed by atoms with van der Waals surface area (Å²) in [6, 6.07) is 1.95. The number of benzene rings is 1. The number of nitriles is 1. The van der Waals surface area contributed by atoms with E-state index in [0.717, 1.165) is 40.5 Å². The van der Waals surface area contributed by atoms with Gasteiger partial charge in [0.25, 0.3) is 0 Å². The molecule has 1 unspecified atom stereocenters. The molecule has 104 valence electrons. The van der Waals surface area contributed by atoms with Gasteiger partial charge in [0.1, 0.15) is 11.2 Å². The lowest BCUT2D eigenvalue weighted by atomic mass is 9.88. The van der Waals surface area contributed by atoms with E-state index in [1.54, 1.807) is 7.11 Å². The molecule has 1 aromatic carbocycles. The van der Waals surface area contributed by atoms with E-state index >= 15 is 0 Å². The van der Waals surface area contributed by atoms with E-state index in [2.05, 4.69) is 12.3 Å². The number of halogens is 1. The summed E-state index contributed by atoms with van der Waals surface area (Å²) in [5.41, 5.74) is 3.37. The van der Waals surface area contributed by atoms with Crippen molar-refractivity contribution in [2.75, 3.05) is 12.9 Å². The molecule has 0 spiro atoms. The summed E-state index contributed by atoms with van der Waals surface area (Å²) in [5.74, 6) is 2.16. The first kappa shape index (κ1) is 16.2. The lowest BCUT2D eigenvalue weighted by molar-refractivity contribution is 0.400. The monoisotopic (exact) mass is 297 g/mol. The van der Waals surface area contributed by atoms with Crippen LogP contribution in [0.1, 0.15) is 42.4 Å². The second kappa shape index (κ2) is 7.67. The van der Waals surface area contributed by atoms with E-state index in [0.29, 0.717) is 5.92 Å². The second-order valence-electron chi connectivity index (χ2n) is 4.58. The third kappa shape index (κ3) is 3.81. The van der Waals surface area contributed by atoms with Crippen molar-refractivity contribution < 1.29 is 4.74 Å². The Morgan fingerprint density at radius 1 is 1.47 bits per heavy atom. The Balaban J connectivity index is 3.18. The summed E-state index contributed by atoms with van der Waals surface area (Å²) < 4.78 is 5.57. The summed E-state index contributed by atoms with van der Waals surface area (Å²) in [6.07, 6.45) is 1.98. The van der Waals surface area contributed by atoms with Crippen molar-refractivity contribution in [3.63, 3.8) is 0 Å². The van der Waals surface area contributed by atoms with Crippen LogP contribution in [0.15, 0.2) is 6.07 Å². The van der Waals surface area contributed by atoms with Crippen LogP contribution in [0, 0.1) is 24.5 Å². The minimum absolute atomic E-state index is 0.383. The van der Waals surface area contributed by atoms with Gasteiger partial charge in [-0.05, 0) is 61.6 Å². The predicted molar refractivity (Wildman–Crippen MR) is 83.2 cm³/mol. The van der Waals surface area contributed by atoms with Crippen molar-refractivity contribution in [3.05, 3.63) is 27.8 Å². The van der Waals surface area contributed by atoms with Gasteiger partial charge in [0.15, 0.2) is 0 Å². The molecule has 0 heterocycles. The molecule has 0 aliphatic rings. The maximum absolute atomic E-state index is 8.63. The normalized spacial score (nSPS) is 12.0. The Bertz CT molecular complexity index is 482. The van der Waals surface area contributed by atoms with Crippen LogP contribution in [0.4, 0.5) is 0 Å². The molecule has 0 aliphatic heterocycles. The number of thioether (sulfide) groups is 1. The van der Waals surface area contributed by atoms with E-state index < -0.39 is 0 Å². The number of hydrogen-bond acceptors (Lipinski definition) is 3. The molecular formula is C15H20ClNOS. The van der Waals surface area contributed by atoms with E-state index in [1.165, 1.54) is 17.3 Å². The fourth-order valence-corrected chi connectivity index (χ4v) is 3.20. The molecule has 0 aromatic heterocycles. The first-order valence-corrected chi connectivity index (χ1v) is 7.77. The molecule has 1 rings (SSSR count). The molecule has 19 heavy (non-hydrogen) atoms. The highest BCUT2D eigenvalue weighted by Gasteiger charge is 2.20. The van der Waals surface area contributed by atoms with Crippen LogP contribution in [-0.4, -0.2) is 12.9 Å². The highest BCUT2D eigenvalue weighted by atomic mass is 35.5. The number of nitrogens with zero attached hydrogens (tertiary/aromatic N) is 1. The van der Waals surface area contributed by atoms with E-state index in [-0.39, 0.29) is 0 Å². The van der Waals surface area contributed by atoms with Crippen molar-refractivity contribution in [3.8, 4) is 11.2 Å². The summed E-state index contributed by atoms with van der Waals surface area (Å²) in [7, 11) is 1.70. The molecule has 0 N–H and O–H groups in total. The van der Waals surface area contributed by atoms with Gasteiger partial charge in [-0.25, -0.2) is 0 Å². The molecule has 2 nitrogen and oxygen atoms in total. The van der Waals surface area contributed by atoms with Crippen LogP contribution in [0.5, 0.6) is 5.75 Å². The maximum Gasteiger partial charge on any atom is 0.133 e. The molecule has 4 heteroatoms. The van der Waals surface area contributed by atoms with Crippen molar-refractivity contribution in [2.45, 2.75) is 39.5 Å². The maximum atomic E-state index is 8.63. The Hall–Kier alpha value is -0.850. The lowest BCUT2D eigenvalue weighted by Gasteiger charge is -2.22. The van der Waals surface area contributed by atoms with Gasteiger partial charge in [0.05, 0.1) is 7.11 Å². The largest absolute Gasteiger partial charge is 0.496 e. The second-order valence-corrected chi connectivity index (χ2v) is 5.87. The van der Waals surface area contributed by atoms with Gasteiger partial charge in [-0.3, -0.25) is 0 Å². The molecule has 1 aromatic rings. The van der Waals surface area contributed by atoms with Gasteiger partial charge < -0.3 is 4.74 Å². The minimum atomic E-state index is 0.383. The Kier molecular flexibility index (Phi) is 6.54. The number of rotatable bonds is 6. The molecule has 0 saturated heterocycles. The first-order valence-electron chi connectivity index (χ1n) is 6.41. The highest BCUT2D eigenvalue weighted by Crippen LogP contribution is 2.40. The molecule has 0 amide bonds. The van der Waals surface area contributed by atoms with Crippen molar-refractivity contribution >= 4 is 23.4 Å². The number of thiocyanates is 1. The molecule has 0 saturated carbocycles. The third-order valence-electron chi connectivity index (χ3n) is 3.45. The van der Waals surface area contributed by atoms with E-state index in [9.17, 15) is 0 Å². The fraction of sp³-hybridized carbons (Fsp3) is 0.533. The zero-order valence-corrected chi connectivity index (χ0v) is 13.5. The zero-order valence-electron chi connectivity index (χ0n) is 11.9. The van der Waals surface area contributed by atoms with E-state index in [4.69, 9.17) is 21.6 Å². The molecule has 0 fully saturated rings. The summed E-state index contributed by atoms with van der Waals surface area (Å²) >= 11 is 7.60. The smallest absolute Gasteiger partial charge is 0.133 e. The summed E-state index contributed by atoms with van der Waals surface area (Å²) in [4.78, 5) is 0. The zero-order chi connectivity index (χ0) is 14.4. The van der Waals surface area contributed by atoms with Crippen LogP contribution in [0.3, 0.4) is 0 Å². The highest BCUT2D eigenvalue weighted by molar-refractivity contribution is 8.03. The van der Waals surface area contributed by atoms with Gasteiger partial charge in [0.2, 0.25) is 0 Å². The fourth-order valence-electron chi connectivity index (χ4n) is 2.44. The Labute approximate surface area is 125 Å². The van der Waals surface area contributed by atoms with Gasteiger partial charge >= 0.3 is 0 Å². The summed E-state index contributed by atoms with van der Waals surface area (Å²) in [6.45, 7) is 6.22. The average Bonchev–Trinajstić information content (AvgIpc) is 2.39. The van der Waals surface area contributed by atoms with Crippen LogP contribution < -0.4 is 4.74 Å².